The van der Waals surface area contributed by atoms with Gasteiger partial charge >= 0.3 is 0 Å². The van der Waals surface area contributed by atoms with E-state index in [1.165, 1.54) is 6.33 Å². The van der Waals surface area contributed by atoms with Gasteiger partial charge in [0.25, 0.3) is 0 Å². The Kier molecular flexibility index (Phi) is 4.51. The lowest BCUT2D eigenvalue weighted by Gasteiger charge is -2.34. The molecule has 2 rings (SSSR count). The Morgan fingerprint density at radius 3 is 2.95 bits per heavy atom. The maximum atomic E-state index is 12.4. The molecule has 2 heterocycles. The van der Waals surface area contributed by atoms with Crippen molar-refractivity contribution >= 4 is 11.7 Å². The second-order valence-corrected chi connectivity index (χ2v) is 4.62. The molecule has 0 bridgehead atoms. The van der Waals surface area contributed by atoms with Crippen LogP contribution in [0.5, 0.6) is 0 Å². The number of oxime groups is 1. The minimum atomic E-state index is -0.992. The Bertz CT molecular complexity index is 467. The first kappa shape index (κ1) is 14.3. The zero-order chi connectivity index (χ0) is 14.4. The van der Waals surface area contributed by atoms with Crippen LogP contribution in [0.3, 0.4) is 0 Å². The third-order valence-corrected chi connectivity index (χ3v) is 3.49. The molecule has 5 N–H and O–H groups in total. The zero-order valence-electron chi connectivity index (χ0n) is 11.0. The monoisotopic (exact) mass is 282 g/mol. The molecule has 20 heavy (non-hydrogen) atoms. The van der Waals surface area contributed by atoms with E-state index in [0.717, 1.165) is 0 Å². The van der Waals surface area contributed by atoms with E-state index in [9.17, 15) is 4.79 Å². The first-order valence-corrected chi connectivity index (χ1v) is 6.37. The third-order valence-electron chi connectivity index (χ3n) is 3.49. The molecule has 0 aromatic carbocycles. The largest absolute Gasteiger partial charge is 0.409 e. The predicted octanol–water partition coefficient (Wildman–Crippen LogP) is -0.993. The Labute approximate surface area is 115 Å². The SMILES string of the molecule is NC(=NO)C1(C(=O)NCCc2ncn[nH]2)CCOCC1. The smallest absolute Gasteiger partial charge is 0.234 e. The van der Waals surface area contributed by atoms with E-state index in [1.54, 1.807) is 0 Å². The predicted molar refractivity (Wildman–Crippen MR) is 69.0 cm³/mol. The number of amidine groups is 1. The topological polar surface area (TPSA) is 139 Å². The zero-order valence-corrected chi connectivity index (χ0v) is 11.0. The summed E-state index contributed by atoms with van der Waals surface area (Å²) in [5.74, 6) is 0.365. The van der Waals surface area contributed by atoms with Gasteiger partial charge < -0.3 is 21.0 Å². The molecule has 1 aliphatic rings. The Morgan fingerprint density at radius 1 is 1.60 bits per heavy atom. The maximum Gasteiger partial charge on any atom is 0.234 e. The van der Waals surface area contributed by atoms with Crippen molar-refractivity contribution in [1.29, 1.82) is 0 Å². The molecule has 9 nitrogen and oxygen atoms in total. The van der Waals surface area contributed by atoms with E-state index in [0.29, 0.717) is 44.8 Å². The number of aromatic amines is 1. The van der Waals surface area contributed by atoms with Crippen LogP contribution in [0, 0.1) is 5.41 Å². The van der Waals surface area contributed by atoms with Crippen molar-refractivity contribution in [3.05, 3.63) is 12.2 Å². The summed E-state index contributed by atoms with van der Waals surface area (Å²) in [5.41, 5.74) is 4.71. The van der Waals surface area contributed by atoms with Crippen molar-refractivity contribution in [2.75, 3.05) is 19.8 Å². The summed E-state index contributed by atoms with van der Waals surface area (Å²) in [6, 6.07) is 0. The molecule has 0 atom stereocenters. The van der Waals surface area contributed by atoms with Crippen LogP contribution in [0.1, 0.15) is 18.7 Å². The summed E-state index contributed by atoms with van der Waals surface area (Å²) in [6.07, 6.45) is 2.75. The number of nitrogens with zero attached hydrogens (tertiary/aromatic N) is 3. The number of ether oxygens (including phenoxy) is 1. The average Bonchev–Trinajstić information content (AvgIpc) is 3.00. The van der Waals surface area contributed by atoms with Gasteiger partial charge in [-0.2, -0.15) is 5.10 Å². The molecule has 9 heteroatoms. The molecule has 1 aliphatic heterocycles. The van der Waals surface area contributed by atoms with Gasteiger partial charge in [0.15, 0.2) is 5.84 Å². The lowest BCUT2D eigenvalue weighted by Crippen LogP contribution is -2.53. The average molecular weight is 282 g/mol. The maximum absolute atomic E-state index is 12.4. The van der Waals surface area contributed by atoms with Crippen molar-refractivity contribution in [3.63, 3.8) is 0 Å². The molecule has 0 unspecified atom stereocenters. The van der Waals surface area contributed by atoms with Crippen molar-refractivity contribution in [3.8, 4) is 0 Å². The summed E-state index contributed by atoms with van der Waals surface area (Å²) in [4.78, 5) is 16.3. The van der Waals surface area contributed by atoms with Gasteiger partial charge in [-0.3, -0.25) is 9.89 Å². The fourth-order valence-corrected chi connectivity index (χ4v) is 2.23. The minimum absolute atomic E-state index is 0.0713. The van der Waals surface area contributed by atoms with Gasteiger partial charge in [0.1, 0.15) is 17.6 Å². The van der Waals surface area contributed by atoms with Crippen molar-refractivity contribution in [1.82, 2.24) is 20.5 Å². The van der Waals surface area contributed by atoms with Crippen LogP contribution >= 0.6 is 0 Å². The minimum Gasteiger partial charge on any atom is -0.409 e. The van der Waals surface area contributed by atoms with E-state index < -0.39 is 5.41 Å². The van der Waals surface area contributed by atoms with Crippen molar-refractivity contribution < 1.29 is 14.7 Å². The van der Waals surface area contributed by atoms with Crippen LogP contribution in [-0.4, -0.2) is 51.9 Å². The summed E-state index contributed by atoms with van der Waals surface area (Å²) < 4.78 is 5.24. The highest BCUT2D eigenvalue weighted by molar-refractivity contribution is 6.06. The quantitative estimate of drug-likeness (QED) is 0.237. The van der Waals surface area contributed by atoms with Gasteiger partial charge in [0.05, 0.1) is 0 Å². The summed E-state index contributed by atoms with van der Waals surface area (Å²) in [7, 11) is 0. The van der Waals surface area contributed by atoms with Gasteiger partial charge in [-0.15, -0.1) is 0 Å². The molecule has 1 fully saturated rings. The Hall–Kier alpha value is -2.16. The van der Waals surface area contributed by atoms with Crippen LogP contribution in [0.4, 0.5) is 0 Å². The van der Waals surface area contributed by atoms with Crippen LogP contribution in [0.15, 0.2) is 11.5 Å². The standard InChI is InChI=1S/C11H18N6O3/c12-9(17-19)11(2-5-20-6-3-11)10(18)13-4-1-8-14-7-15-16-8/h7,19H,1-6H2,(H2,12,17)(H,13,18)(H,14,15,16). The van der Waals surface area contributed by atoms with E-state index >= 15 is 0 Å². The molecule has 1 amide bonds. The lowest BCUT2D eigenvalue weighted by atomic mass is 9.78. The lowest BCUT2D eigenvalue weighted by molar-refractivity contribution is -0.131. The fourth-order valence-electron chi connectivity index (χ4n) is 2.23. The molecule has 1 aromatic heterocycles. The molecule has 1 aromatic rings. The molecule has 0 aliphatic carbocycles. The number of amides is 1. The number of carbonyl (C=O) groups is 1. The molecular weight excluding hydrogens is 264 g/mol. The number of hydrogen-bond acceptors (Lipinski definition) is 6. The fraction of sp³-hybridized carbons (Fsp3) is 0.636. The van der Waals surface area contributed by atoms with Gasteiger partial charge in [-0.25, -0.2) is 4.98 Å². The summed E-state index contributed by atoms with van der Waals surface area (Å²) in [5, 5.41) is 21.1. The van der Waals surface area contributed by atoms with Crippen LogP contribution in [0.2, 0.25) is 0 Å². The molecule has 110 valence electrons. The summed E-state index contributed by atoms with van der Waals surface area (Å²) >= 11 is 0. The number of nitrogens with one attached hydrogen (secondary N) is 2. The molecular formula is C11H18N6O3. The van der Waals surface area contributed by atoms with Gasteiger partial charge in [0, 0.05) is 26.2 Å². The Morgan fingerprint density at radius 2 is 2.35 bits per heavy atom. The van der Waals surface area contributed by atoms with Gasteiger partial charge in [-0.05, 0) is 12.8 Å². The second-order valence-electron chi connectivity index (χ2n) is 4.62. The van der Waals surface area contributed by atoms with E-state index in [-0.39, 0.29) is 11.7 Å². The number of aromatic nitrogens is 3. The highest BCUT2D eigenvalue weighted by Gasteiger charge is 2.44. The second kappa shape index (κ2) is 6.33. The number of nitrogens with two attached hydrogens (primary N) is 1. The van der Waals surface area contributed by atoms with Gasteiger partial charge in [0.2, 0.25) is 5.91 Å². The highest BCUT2D eigenvalue weighted by atomic mass is 16.5. The van der Waals surface area contributed by atoms with Gasteiger partial charge in [-0.1, -0.05) is 5.16 Å². The molecule has 0 spiro atoms. The number of H-pyrrole nitrogens is 1. The van der Waals surface area contributed by atoms with Crippen LogP contribution in [0.25, 0.3) is 0 Å². The number of carbonyl (C=O) groups excluding carboxylic acids is 1. The van der Waals surface area contributed by atoms with E-state index in [1.807, 2.05) is 0 Å². The summed E-state index contributed by atoms with van der Waals surface area (Å²) in [6.45, 7) is 1.22. The van der Waals surface area contributed by atoms with Crippen LogP contribution in [-0.2, 0) is 16.0 Å². The molecule has 0 radical (unpaired) electrons. The first-order valence-electron chi connectivity index (χ1n) is 6.37. The van der Waals surface area contributed by atoms with Crippen molar-refractivity contribution in [2.45, 2.75) is 19.3 Å². The molecule has 0 saturated carbocycles. The number of hydrogen-bond donors (Lipinski definition) is 4. The van der Waals surface area contributed by atoms with E-state index in [2.05, 4.69) is 25.7 Å². The molecule has 1 saturated heterocycles. The Balaban J connectivity index is 1.96. The van der Waals surface area contributed by atoms with Crippen molar-refractivity contribution in [2.24, 2.45) is 16.3 Å². The van der Waals surface area contributed by atoms with E-state index in [4.69, 9.17) is 15.7 Å². The highest BCUT2D eigenvalue weighted by Crippen LogP contribution is 2.31. The van der Waals surface area contributed by atoms with Crippen LogP contribution < -0.4 is 11.1 Å². The first-order chi connectivity index (χ1) is 9.69. The number of rotatable bonds is 5. The third kappa shape index (κ3) is 2.87. The normalized spacial score (nSPS) is 18.7.